The fraction of sp³-hybridized carbons (Fsp3) is 0.636. The molecule has 1 aromatic carbocycles. The molecule has 1 N–H and O–H groups in total. The van der Waals surface area contributed by atoms with Crippen molar-refractivity contribution < 1.29 is 23.1 Å². The van der Waals surface area contributed by atoms with Gasteiger partial charge in [0.2, 0.25) is 5.91 Å². The number of ether oxygens (including phenoxy) is 1. The number of hydrogen-bond donors (Lipinski definition) is 1. The maximum absolute atomic E-state index is 14.4. The molecule has 0 radical (unpaired) electrons. The fourth-order valence-corrected chi connectivity index (χ4v) is 3.90. The van der Waals surface area contributed by atoms with Crippen LogP contribution in [-0.4, -0.2) is 43.4 Å². The van der Waals surface area contributed by atoms with Crippen molar-refractivity contribution in [3.05, 3.63) is 24.0 Å². The normalized spacial score (nSPS) is 17.6. The molecule has 1 fully saturated rings. The van der Waals surface area contributed by atoms with Crippen molar-refractivity contribution in [1.29, 1.82) is 0 Å². The van der Waals surface area contributed by atoms with Gasteiger partial charge in [-0.05, 0) is 63.9 Å². The Labute approximate surface area is 180 Å². The van der Waals surface area contributed by atoms with E-state index in [2.05, 4.69) is 26.1 Å². The minimum atomic E-state index is -2.24. The van der Waals surface area contributed by atoms with Gasteiger partial charge in [0.1, 0.15) is 17.4 Å². The molecule has 0 aliphatic carbocycles. The Morgan fingerprint density at radius 3 is 2.37 bits per heavy atom. The first-order valence-corrected chi connectivity index (χ1v) is 13.3. The van der Waals surface area contributed by atoms with Crippen LogP contribution < -0.4 is 9.74 Å². The zero-order valence-corrected chi connectivity index (χ0v) is 20.4. The van der Waals surface area contributed by atoms with Gasteiger partial charge in [-0.15, -0.1) is 0 Å². The zero-order chi connectivity index (χ0) is 22.9. The van der Waals surface area contributed by atoms with Gasteiger partial charge in [0.05, 0.1) is 0 Å². The molecule has 0 aromatic heterocycles. The number of nitrogens with zero attached hydrogens (tertiary/aromatic N) is 1. The van der Waals surface area contributed by atoms with Crippen molar-refractivity contribution in [2.24, 2.45) is 0 Å². The Balaban J connectivity index is 2.14. The van der Waals surface area contributed by atoms with E-state index in [1.54, 1.807) is 20.8 Å². The number of hydrogen-bond acceptors (Lipinski definition) is 4. The van der Waals surface area contributed by atoms with Gasteiger partial charge in [-0.3, -0.25) is 9.69 Å². The van der Waals surface area contributed by atoms with E-state index in [0.717, 1.165) is 6.42 Å². The summed E-state index contributed by atoms with van der Waals surface area (Å²) in [7, 11) is -2.24. The Bertz CT molecular complexity index is 799. The minimum Gasteiger partial charge on any atom is -0.541 e. The van der Waals surface area contributed by atoms with Gasteiger partial charge >= 0.3 is 6.09 Å². The molecule has 1 aliphatic heterocycles. The van der Waals surface area contributed by atoms with E-state index >= 15 is 0 Å². The van der Waals surface area contributed by atoms with Gasteiger partial charge in [0.15, 0.2) is 5.82 Å². The SMILES string of the molecule is CC(C)(C)OC(=O)N1CCC[C@H]1C(=O)Nc1ccc(F)c(O[Si](C)(C)C(C)(C)C)c1. The van der Waals surface area contributed by atoms with Gasteiger partial charge in [-0.1, -0.05) is 20.8 Å². The number of halogens is 1. The van der Waals surface area contributed by atoms with Gasteiger partial charge in [-0.25, -0.2) is 9.18 Å². The Morgan fingerprint density at radius 2 is 1.80 bits per heavy atom. The second kappa shape index (κ2) is 8.57. The summed E-state index contributed by atoms with van der Waals surface area (Å²) in [6.07, 6.45) is 0.779. The maximum Gasteiger partial charge on any atom is 0.410 e. The van der Waals surface area contributed by atoms with E-state index in [-0.39, 0.29) is 16.7 Å². The third-order valence-corrected chi connectivity index (χ3v) is 9.90. The van der Waals surface area contributed by atoms with Crippen molar-refractivity contribution in [2.75, 3.05) is 11.9 Å². The molecule has 30 heavy (non-hydrogen) atoms. The van der Waals surface area contributed by atoms with Crippen LogP contribution in [0.2, 0.25) is 18.1 Å². The predicted molar refractivity (Wildman–Crippen MR) is 119 cm³/mol. The molecule has 6 nitrogen and oxygen atoms in total. The lowest BCUT2D eigenvalue weighted by Crippen LogP contribution is -2.45. The first kappa shape index (κ1) is 24.2. The van der Waals surface area contributed by atoms with E-state index in [0.29, 0.717) is 18.7 Å². The second-order valence-corrected chi connectivity index (χ2v) is 15.1. The molecule has 1 atom stereocenters. The van der Waals surface area contributed by atoms with Crippen LogP contribution in [0.5, 0.6) is 5.75 Å². The molecular weight excluding hydrogens is 403 g/mol. The van der Waals surface area contributed by atoms with E-state index in [1.165, 1.54) is 23.1 Å². The van der Waals surface area contributed by atoms with Gasteiger partial charge < -0.3 is 14.5 Å². The quantitative estimate of drug-likeness (QED) is 0.626. The van der Waals surface area contributed by atoms with E-state index in [1.807, 2.05) is 13.1 Å². The van der Waals surface area contributed by atoms with Crippen LogP contribution in [0.4, 0.5) is 14.9 Å². The first-order valence-electron chi connectivity index (χ1n) is 10.4. The summed E-state index contributed by atoms with van der Waals surface area (Å²) in [6.45, 7) is 16.1. The predicted octanol–water partition coefficient (Wildman–Crippen LogP) is 5.55. The fourth-order valence-electron chi connectivity index (χ4n) is 2.89. The minimum absolute atomic E-state index is 0.0868. The van der Waals surface area contributed by atoms with Crippen molar-refractivity contribution >= 4 is 26.0 Å². The molecule has 2 rings (SSSR count). The summed E-state index contributed by atoms with van der Waals surface area (Å²) < 4.78 is 25.9. The van der Waals surface area contributed by atoms with Crippen LogP contribution in [0.15, 0.2) is 18.2 Å². The molecule has 0 bridgehead atoms. The topological polar surface area (TPSA) is 67.9 Å². The lowest BCUT2D eigenvalue weighted by Gasteiger charge is -2.36. The van der Waals surface area contributed by atoms with Crippen molar-refractivity contribution in [2.45, 2.75) is 84.2 Å². The molecule has 0 spiro atoms. The highest BCUT2D eigenvalue weighted by molar-refractivity contribution is 6.74. The van der Waals surface area contributed by atoms with Crippen LogP contribution >= 0.6 is 0 Å². The smallest absolute Gasteiger partial charge is 0.410 e. The van der Waals surface area contributed by atoms with Crippen LogP contribution in [0.3, 0.4) is 0 Å². The highest BCUT2D eigenvalue weighted by Crippen LogP contribution is 2.38. The third-order valence-electron chi connectivity index (χ3n) is 5.55. The average molecular weight is 439 g/mol. The van der Waals surface area contributed by atoms with Gasteiger partial charge in [0, 0.05) is 18.3 Å². The number of rotatable bonds is 4. The molecule has 1 aromatic rings. The van der Waals surface area contributed by atoms with Gasteiger partial charge in [0.25, 0.3) is 8.32 Å². The molecule has 8 heteroatoms. The van der Waals surface area contributed by atoms with Crippen LogP contribution in [0.25, 0.3) is 0 Å². The molecule has 168 valence electrons. The summed E-state index contributed by atoms with van der Waals surface area (Å²) in [4.78, 5) is 26.7. The number of carbonyl (C=O) groups is 2. The molecule has 1 aliphatic rings. The molecule has 0 unspecified atom stereocenters. The van der Waals surface area contributed by atoms with Crippen molar-refractivity contribution in [3.63, 3.8) is 0 Å². The largest absolute Gasteiger partial charge is 0.541 e. The summed E-state index contributed by atoms with van der Waals surface area (Å²) in [5.74, 6) is -0.646. The average Bonchev–Trinajstić information content (AvgIpc) is 3.05. The number of nitrogens with one attached hydrogen (secondary N) is 1. The van der Waals surface area contributed by atoms with Gasteiger partial charge in [-0.2, -0.15) is 0 Å². The lowest BCUT2D eigenvalue weighted by atomic mass is 10.2. The summed E-state index contributed by atoms with van der Waals surface area (Å²) >= 11 is 0. The van der Waals surface area contributed by atoms with Crippen molar-refractivity contribution in [1.82, 2.24) is 4.90 Å². The summed E-state index contributed by atoms with van der Waals surface area (Å²) in [6, 6.07) is 3.69. The number of likely N-dealkylation sites (tertiary alicyclic amines) is 1. The molecule has 1 heterocycles. The lowest BCUT2D eigenvalue weighted by molar-refractivity contribution is -0.120. The molecule has 0 saturated carbocycles. The highest BCUT2D eigenvalue weighted by Gasteiger charge is 2.40. The van der Waals surface area contributed by atoms with E-state index in [9.17, 15) is 14.0 Å². The number of benzene rings is 1. The number of carbonyl (C=O) groups excluding carboxylic acids is 2. The van der Waals surface area contributed by atoms with E-state index in [4.69, 9.17) is 9.16 Å². The number of amides is 2. The highest BCUT2D eigenvalue weighted by atomic mass is 28.4. The van der Waals surface area contributed by atoms with E-state index < -0.39 is 31.9 Å². The maximum atomic E-state index is 14.4. The third kappa shape index (κ3) is 5.96. The molecule has 2 amide bonds. The summed E-state index contributed by atoms with van der Waals surface area (Å²) in [5.41, 5.74) is -0.195. The van der Waals surface area contributed by atoms with Crippen LogP contribution in [0, 0.1) is 5.82 Å². The number of anilines is 1. The Hall–Kier alpha value is -2.09. The Kier molecular flexibility index (Phi) is 6.91. The first-order chi connectivity index (χ1) is 13.6. The second-order valence-electron chi connectivity index (χ2n) is 10.3. The molecule has 1 saturated heterocycles. The van der Waals surface area contributed by atoms with Crippen molar-refractivity contribution in [3.8, 4) is 5.75 Å². The monoisotopic (exact) mass is 438 g/mol. The Morgan fingerprint density at radius 1 is 1.17 bits per heavy atom. The van der Waals surface area contributed by atoms with Crippen LogP contribution in [-0.2, 0) is 9.53 Å². The van der Waals surface area contributed by atoms with Crippen LogP contribution in [0.1, 0.15) is 54.4 Å². The summed E-state index contributed by atoms with van der Waals surface area (Å²) in [5, 5.41) is 2.72. The zero-order valence-electron chi connectivity index (χ0n) is 19.4. The standard InChI is InChI=1S/C22H35FN2O4Si/c1-21(2,3)28-20(27)25-13-9-10-17(25)19(26)24-15-11-12-16(23)18(14-15)29-30(7,8)22(4,5)6/h11-12,14,17H,9-10,13H2,1-8H3,(H,24,26)/t17-/m0/s1. The molecular formula is C22H35FN2O4Si.